The lowest BCUT2D eigenvalue weighted by atomic mass is 10.1. The van der Waals surface area contributed by atoms with Crippen molar-refractivity contribution in [2.24, 2.45) is 0 Å². The van der Waals surface area contributed by atoms with Crippen LogP contribution in [0.5, 0.6) is 0 Å². The molecule has 0 heterocycles. The fourth-order valence-electron chi connectivity index (χ4n) is 1.64. The molecule has 0 saturated heterocycles. The third-order valence-electron chi connectivity index (χ3n) is 2.69. The first-order chi connectivity index (χ1) is 9.15. The molecule has 5 heteroatoms. The van der Waals surface area contributed by atoms with E-state index in [1.54, 1.807) is 23.9 Å². The van der Waals surface area contributed by atoms with Crippen molar-refractivity contribution in [3.8, 4) is 0 Å². The van der Waals surface area contributed by atoms with Gasteiger partial charge in [0.15, 0.2) is 0 Å². The van der Waals surface area contributed by atoms with E-state index in [0.717, 1.165) is 23.4 Å². The molecule has 0 aliphatic rings. The highest BCUT2D eigenvalue weighted by Gasteiger charge is 2.03. The molecule has 2 N–H and O–H groups in total. The minimum atomic E-state index is -0.382. The second kappa shape index (κ2) is 6.24. The quantitative estimate of drug-likeness (QED) is 0.392. The van der Waals surface area contributed by atoms with Crippen LogP contribution in [0.1, 0.15) is 5.56 Å². The first-order valence-electron chi connectivity index (χ1n) is 5.87. The van der Waals surface area contributed by atoms with Crippen LogP contribution in [-0.2, 0) is 6.42 Å². The number of rotatable bonds is 5. The second-order valence-electron chi connectivity index (χ2n) is 4.09. The Balaban J connectivity index is 1.85. The number of non-ortho nitro benzene ring substituents is 1. The topological polar surface area (TPSA) is 69.2 Å². The molecule has 0 aliphatic carbocycles. The minimum Gasteiger partial charge on any atom is -0.399 e. The molecular weight excluding hydrogens is 260 g/mol. The van der Waals surface area contributed by atoms with E-state index in [-0.39, 0.29) is 10.6 Å². The number of aryl methyl sites for hydroxylation is 1. The maximum atomic E-state index is 10.5. The van der Waals surface area contributed by atoms with Crippen LogP contribution in [0, 0.1) is 10.1 Å². The second-order valence-corrected chi connectivity index (χ2v) is 5.26. The van der Waals surface area contributed by atoms with E-state index in [0.29, 0.717) is 0 Å². The van der Waals surface area contributed by atoms with Crippen molar-refractivity contribution in [3.05, 3.63) is 64.2 Å². The first-order valence-corrected chi connectivity index (χ1v) is 6.85. The summed E-state index contributed by atoms with van der Waals surface area (Å²) in [6.07, 6.45) is 0.882. The normalized spacial score (nSPS) is 10.3. The maximum absolute atomic E-state index is 10.5. The van der Waals surface area contributed by atoms with E-state index in [1.165, 1.54) is 4.90 Å². The Kier molecular flexibility index (Phi) is 4.41. The van der Waals surface area contributed by atoms with Crippen molar-refractivity contribution in [2.75, 3.05) is 11.5 Å². The van der Waals surface area contributed by atoms with Crippen molar-refractivity contribution < 1.29 is 4.92 Å². The van der Waals surface area contributed by atoms with E-state index in [4.69, 9.17) is 5.73 Å². The molecule has 0 bridgehead atoms. The molecule has 0 spiro atoms. The predicted molar refractivity (Wildman–Crippen MR) is 78.4 cm³/mol. The van der Waals surface area contributed by atoms with E-state index in [2.05, 4.69) is 0 Å². The summed E-state index contributed by atoms with van der Waals surface area (Å²) in [6.45, 7) is 0. The number of nitrogen functional groups attached to an aromatic ring is 1. The van der Waals surface area contributed by atoms with Crippen LogP contribution < -0.4 is 5.73 Å². The van der Waals surface area contributed by atoms with Gasteiger partial charge < -0.3 is 5.73 Å². The van der Waals surface area contributed by atoms with Gasteiger partial charge in [-0.2, -0.15) is 0 Å². The standard InChI is InChI=1S/C14H14N2O2S/c15-12-3-7-14(8-4-12)19-10-9-11-1-5-13(6-2-11)16(17)18/h1-8H,9-10,15H2. The van der Waals surface area contributed by atoms with Gasteiger partial charge in [-0.15, -0.1) is 11.8 Å². The predicted octanol–water partition coefficient (Wildman–Crippen LogP) is 3.51. The van der Waals surface area contributed by atoms with E-state index < -0.39 is 0 Å². The number of anilines is 1. The molecule has 0 atom stereocenters. The van der Waals surface area contributed by atoms with Gasteiger partial charge in [-0.1, -0.05) is 12.1 Å². The maximum Gasteiger partial charge on any atom is 0.269 e. The molecule has 0 aromatic heterocycles. The summed E-state index contributed by atoms with van der Waals surface area (Å²) in [6, 6.07) is 14.5. The Morgan fingerprint density at radius 3 is 2.26 bits per heavy atom. The molecule has 98 valence electrons. The van der Waals surface area contributed by atoms with Gasteiger partial charge in [0.25, 0.3) is 5.69 Å². The Labute approximate surface area is 115 Å². The van der Waals surface area contributed by atoms with Gasteiger partial charge in [-0.3, -0.25) is 10.1 Å². The highest BCUT2D eigenvalue weighted by molar-refractivity contribution is 7.99. The largest absolute Gasteiger partial charge is 0.399 e. The summed E-state index contributed by atoms with van der Waals surface area (Å²) < 4.78 is 0. The third kappa shape index (κ3) is 3.99. The monoisotopic (exact) mass is 274 g/mol. The Morgan fingerprint density at radius 2 is 1.68 bits per heavy atom. The van der Waals surface area contributed by atoms with Crippen LogP contribution in [0.3, 0.4) is 0 Å². The summed E-state index contributed by atoms with van der Waals surface area (Å²) in [5.74, 6) is 0.932. The van der Waals surface area contributed by atoms with Crippen molar-refractivity contribution in [3.63, 3.8) is 0 Å². The fraction of sp³-hybridized carbons (Fsp3) is 0.143. The Hall–Kier alpha value is -2.01. The smallest absolute Gasteiger partial charge is 0.269 e. The highest BCUT2D eigenvalue weighted by Crippen LogP contribution is 2.21. The number of nitro benzene ring substituents is 1. The molecule has 0 aliphatic heterocycles. The molecule has 0 fully saturated rings. The zero-order valence-corrected chi connectivity index (χ0v) is 11.1. The number of hydrogen-bond donors (Lipinski definition) is 1. The molecule has 2 aromatic carbocycles. The van der Waals surface area contributed by atoms with Gasteiger partial charge >= 0.3 is 0 Å². The van der Waals surface area contributed by atoms with Crippen molar-refractivity contribution in [2.45, 2.75) is 11.3 Å². The molecule has 0 unspecified atom stereocenters. The highest BCUT2D eigenvalue weighted by atomic mass is 32.2. The van der Waals surface area contributed by atoms with Gasteiger partial charge in [0.2, 0.25) is 0 Å². The van der Waals surface area contributed by atoms with Crippen molar-refractivity contribution in [1.82, 2.24) is 0 Å². The Morgan fingerprint density at radius 1 is 1.05 bits per heavy atom. The molecule has 2 rings (SSSR count). The average Bonchev–Trinajstić information content (AvgIpc) is 2.41. The zero-order chi connectivity index (χ0) is 13.7. The van der Waals surface area contributed by atoms with Crippen LogP contribution in [-0.4, -0.2) is 10.7 Å². The SMILES string of the molecule is Nc1ccc(SCCc2ccc([N+](=O)[O-])cc2)cc1. The Bertz CT molecular complexity index is 553. The van der Waals surface area contributed by atoms with Crippen LogP contribution in [0.25, 0.3) is 0 Å². The lowest BCUT2D eigenvalue weighted by molar-refractivity contribution is -0.384. The number of hydrogen-bond acceptors (Lipinski definition) is 4. The fourth-order valence-corrected chi connectivity index (χ4v) is 2.54. The third-order valence-corrected chi connectivity index (χ3v) is 3.70. The lowest BCUT2D eigenvalue weighted by Gasteiger charge is -2.02. The lowest BCUT2D eigenvalue weighted by Crippen LogP contribution is -1.91. The number of thioether (sulfide) groups is 1. The molecule has 0 saturated carbocycles. The molecule has 0 amide bonds. The minimum absolute atomic E-state index is 0.134. The van der Waals surface area contributed by atoms with Gasteiger partial charge in [0.1, 0.15) is 0 Å². The number of nitrogens with zero attached hydrogens (tertiary/aromatic N) is 1. The average molecular weight is 274 g/mol. The van der Waals surface area contributed by atoms with Crippen molar-refractivity contribution in [1.29, 1.82) is 0 Å². The summed E-state index contributed by atoms with van der Waals surface area (Å²) in [5, 5.41) is 10.5. The number of benzene rings is 2. The van der Waals surface area contributed by atoms with Crippen molar-refractivity contribution >= 4 is 23.1 Å². The molecule has 19 heavy (non-hydrogen) atoms. The van der Waals surface area contributed by atoms with Crippen LogP contribution >= 0.6 is 11.8 Å². The van der Waals surface area contributed by atoms with E-state index >= 15 is 0 Å². The summed E-state index contributed by atoms with van der Waals surface area (Å²) >= 11 is 1.75. The van der Waals surface area contributed by atoms with Gasteiger partial charge in [-0.25, -0.2) is 0 Å². The molecule has 2 aromatic rings. The number of nitro groups is 1. The summed E-state index contributed by atoms with van der Waals surface area (Å²) in [7, 11) is 0. The first kappa shape index (κ1) is 13.4. The zero-order valence-electron chi connectivity index (χ0n) is 10.3. The molecule has 0 radical (unpaired) electrons. The van der Waals surface area contributed by atoms with Crippen LogP contribution in [0.4, 0.5) is 11.4 Å². The number of nitrogens with two attached hydrogens (primary N) is 1. The van der Waals surface area contributed by atoms with Gasteiger partial charge in [0, 0.05) is 28.5 Å². The molecular formula is C14H14N2O2S. The van der Waals surface area contributed by atoms with E-state index in [1.807, 2.05) is 36.4 Å². The summed E-state index contributed by atoms with van der Waals surface area (Å²) in [4.78, 5) is 11.3. The van der Waals surface area contributed by atoms with Gasteiger partial charge in [0.05, 0.1) is 4.92 Å². The van der Waals surface area contributed by atoms with Crippen LogP contribution in [0.2, 0.25) is 0 Å². The van der Waals surface area contributed by atoms with E-state index in [9.17, 15) is 10.1 Å². The van der Waals surface area contributed by atoms with Gasteiger partial charge in [-0.05, 0) is 36.2 Å². The van der Waals surface area contributed by atoms with Crippen LogP contribution in [0.15, 0.2) is 53.4 Å². The molecule has 4 nitrogen and oxygen atoms in total. The summed E-state index contributed by atoms with van der Waals surface area (Å²) in [5.41, 5.74) is 7.62.